The Hall–Kier alpha value is -1.52. The van der Waals surface area contributed by atoms with E-state index < -0.39 is 17.7 Å². The summed E-state index contributed by atoms with van der Waals surface area (Å²) in [6.07, 6.45) is 0.864. The molecule has 0 aromatic carbocycles. The Balaban J connectivity index is 2.38. The number of rotatable bonds is 0. The fourth-order valence-electron chi connectivity index (χ4n) is 1.27. The third-order valence-corrected chi connectivity index (χ3v) is 1.81. The van der Waals surface area contributed by atoms with E-state index >= 15 is 0 Å². The molecule has 2 amide bonds. The second-order valence-electron chi connectivity index (χ2n) is 2.67. The highest BCUT2D eigenvalue weighted by molar-refractivity contribution is 6.14. The molecule has 2 heterocycles. The maximum atomic E-state index is 12.9. The number of hydrogen-bond donors (Lipinski definition) is 1. The van der Waals surface area contributed by atoms with Crippen LogP contribution in [0, 0.1) is 5.92 Å². The van der Waals surface area contributed by atoms with Crippen molar-refractivity contribution in [3.05, 3.63) is 11.9 Å². The van der Waals surface area contributed by atoms with Gasteiger partial charge in [-0.15, -0.1) is 0 Å². The van der Waals surface area contributed by atoms with Crippen LogP contribution in [0.5, 0.6) is 0 Å². The normalized spacial score (nSPS) is 27.6. The lowest BCUT2D eigenvalue weighted by atomic mass is 10.0. The molecule has 0 bridgehead atoms. The minimum Gasteiger partial charge on any atom is -0.313 e. The Morgan fingerprint density at radius 3 is 3.08 bits per heavy atom. The van der Waals surface area contributed by atoms with Crippen molar-refractivity contribution < 1.29 is 14.0 Å². The largest absolute Gasteiger partial charge is 0.313 e. The summed E-state index contributed by atoms with van der Waals surface area (Å²) in [5.41, 5.74) is 0. The molecule has 0 radical (unpaired) electrons. The second kappa shape index (κ2) is 2.23. The van der Waals surface area contributed by atoms with Crippen LogP contribution in [0.2, 0.25) is 0 Å². The maximum Gasteiger partial charge on any atom is 0.274 e. The molecule has 1 fully saturated rings. The Kier molecular flexibility index (Phi) is 1.33. The van der Waals surface area contributed by atoms with Crippen LogP contribution in [0.3, 0.4) is 0 Å². The standard InChI is InChI=1S/C7H5FN2O2/c8-4-2-6(12)10-7-3(4)1-5(11)9-7/h2-3H,1H2,(H,9,10,11,12). The molecule has 0 aromatic heterocycles. The van der Waals surface area contributed by atoms with Crippen molar-refractivity contribution >= 4 is 17.6 Å². The summed E-state index contributed by atoms with van der Waals surface area (Å²) in [6, 6.07) is 0. The number of amidine groups is 1. The molecule has 62 valence electrons. The van der Waals surface area contributed by atoms with E-state index in [9.17, 15) is 14.0 Å². The molecule has 12 heavy (non-hydrogen) atoms. The van der Waals surface area contributed by atoms with Gasteiger partial charge >= 0.3 is 0 Å². The quantitative estimate of drug-likeness (QED) is 0.549. The van der Waals surface area contributed by atoms with Crippen LogP contribution >= 0.6 is 0 Å². The number of hydrogen-bond acceptors (Lipinski definition) is 2. The van der Waals surface area contributed by atoms with E-state index in [2.05, 4.69) is 10.3 Å². The molecule has 0 aliphatic carbocycles. The van der Waals surface area contributed by atoms with Crippen LogP contribution in [-0.4, -0.2) is 17.6 Å². The predicted octanol–water partition coefficient (Wildman–Crippen LogP) is -0.0854. The van der Waals surface area contributed by atoms with Crippen LogP contribution in [0.25, 0.3) is 0 Å². The van der Waals surface area contributed by atoms with E-state index in [1.165, 1.54) is 0 Å². The molecule has 1 unspecified atom stereocenters. The van der Waals surface area contributed by atoms with Crippen LogP contribution in [-0.2, 0) is 9.59 Å². The molecular weight excluding hydrogens is 163 g/mol. The monoisotopic (exact) mass is 168 g/mol. The zero-order valence-corrected chi connectivity index (χ0v) is 6.00. The van der Waals surface area contributed by atoms with Crippen molar-refractivity contribution in [3.8, 4) is 0 Å². The Labute approximate surface area is 67.2 Å². The van der Waals surface area contributed by atoms with Crippen molar-refractivity contribution in [1.82, 2.24) is 5.32 Å². The number of nitrogens with one attached hydrogen (secondary N) is 1. The maximum absolute atomic E-state index is 12.9. The lowest BCUT2D eigenvalue weighted by Gasteiger charge is -2.09. The fraction of sp³-hybridized carbons (Fsp3) is 0.286. The van der Waals surface area contributed by atoms with E-state index in [0.29, 0.717) is 0 Å². The summed E-state index contributed by atoms with van der Waals surface area (Å²) < 4.78 is 12.9. The van der Waals surface area contributed by atoms with Crippen LogP contribution in [0.1, 0.15) is 6.42 Å². The van der Waals surface area contributed by atoms with E-state index in [1.54, 1.807) is 0 Å². The summed E-state index contributed by atoms with van der Waals surface area (Å²) in [5, 5.41) is 2.33. The van der Waals surface area contributed by atoms with Crippen molar-refractivity contribution in [1.29, 1.82) is 0 Å². The number of amides is 2. The van der Waals surface area contributed by atoms with Gasteiger partial charge in [-0.3, -0.25) is 9.59 Å². The van der Waals surface area contributed by atoms with Crippen molar-refractivity contribution in [2.75, 3.05) is 0 Å². The molecule has 2 aliphatic heterocycles. The topological polar surface area (TPSA) is 58.5 Å². The van der Waals surface area contributed by atoms with Crippen LogP contribution in [0.15, 0.2) is 16.9 Å². The van der Waals surface area contributed by atoms with E-state index in [1.807, 2.05) is 0 Å². The zero-order chi connectivity index (χ0) is 8.72. The minimum absolute atomic E-state index is 0.0500. The van der Waals surface area contributed by atoms with Crippen LogP contribution < -0.4 is 5.32 Å². The van der Waals surface area contributed by atoms with Gasteiger partial charge in [0.25, 0.3) is 5.91 Å². The minimum atomic E-state index is -0.652. The molecule has 0 aromatic rings. The zero-order valence-electron chi connectivity index (χ0n) is 6.00. The lowest BCUT2D eigenvalue weighted by Crippen LogP contribution is -2.26. The second-order valence-corrected chi connectivity index (χ2v) is 2.67. The first-order valence-corrected chi connectivity index (χ1v) is 3.46. The van der Waals surface area contributed by atoms with Gasteiger partial charge in [-0.25, -0.2) is 4.39 Å². The average molecular weight is 168 g/mol. The summed E-state index contributed by atoms with van der Waals surface area (Å²) >= 11 is 0. The van der Waals surface area contributed by atoms with E-state index in [0.717, 1.165) is 6.08 Å². The summed E-state index contributed by atoms with van der Waals surface area (Å²) in [5.74, 6) is -2.03. The molecule has 2 aliphatic rings. The fourth-order valence-corrected chi connectivity index (χ4v) is 1.27. The third-order valence-electron chi connectivity index (χ3n) is 1.81. The smallest absolute Gasteiger partial charge is 0.274 e. The van der Waals surface area contributed by atoms with Gasteiger partial charge in [-0.05, 0) is 0 Å². The van der Waals surface area contributed by atoms with Gasteiger partial charge in [0.05, 0.1) is 5.92 Å². The molecular formula is C7H5FN2O2. The molecule has 0 spiro atoms. The van der Waals surface area contributed by atoms with Crippen LogP contribution in [0.4, 0.5) is 4.39 Å². The molecule has 5 heteroatoms. The Morgan fingerprint density at radius 1 is 1.58 bits per heavy atom. The number of carbonyl (C=O) groups is 2. The van der Waals surface area contributed by atoms with Gasteiger partial charge in [0.2, 0.25) is 5.91 Å². The first-order chi connectivity index (χ1) is 5.66. The van der Waals surface area contributed by atoms with Gasteiger partial charge in [-0.1, -0.05) is 0 Å². The molecule has 4 nitrogen and oxygen atoms in total. The van der Waals surface area contributed by atoms with Crippen molar-refractivity contribution in [3.63, 3.8) is 0 Å². The van der Waals surface area contributed by atoms with Gasteiger partial charge in [0.15, 0.2) is 0 Å². The van der Waals surface area contributed by atoms with Gasteiger partial charge < -0.3 is 5.32 Å². The highest BCUT2D eigenvalue weighted by Crippen LogP contribution is 2.25. The molecule has 1 N–H and O–H groups in total. The lowest BCUT2D eigenvalue weighted by molar-refractivity contribution is -0.119. The Bertz CT molecular complexity index is 332. The summed E-state index contributed by atoms with van der Waals surface area (Å²) in [7, 11) is 0. The van der Waals surface area contributed by atoms with E-state index in [-0.39, 0.29) is 18.2 Å². The van der Waals surface area contributed by atoms with Crippen molar-refractivity contribution in [2.24, 2.45) is 10.9 Å². The van der Waals surface area contributed by atoms with E-state index in [4.69, 9.17) is 0 Å². The summed E-state index contributed by atoms with van der Waals surface area (Å²) in [6.45, 7) is 0. The Morgan fingerprint density at radius 2 is 2.33 bits per heavy atom. The number of halogens is 1. The van der Waals surface area contributed by atoms with Gasteiger partial charge in [0.1, 0.15) is 11.7 Å². The highest BCUT2D eigenvalue weighted by atomic mass is 19.1. The number of aliphatic imine (C=N–C) groups is 1. The van der Waals surface area contributed by atoms with Gasteiger partial charge in [-0.2, -0.15) is 4.99 Å². The summed E-state index contributed by atoms with van der Waals surface area (Å²) in [4.78, 5) is 24.9. The first-order valence-electron chi connectivity index (χ1n) is 3.46. The van der Waals surface area contributed by atoms with Gasteiger partial charge in [0, 0.05) is 12.5 Å². The highest BCUT2D eigenvalue weighted by Gasteiger charge is 2.35. The third kappa shape index (κ3) is 0.939. The molecule has 0 saturated carbocycles. The predicted molar refractivity (Wildman–Crippen MR) is 37.9 cm³/mol. The number of nitrogens with zero attached hydrogens (tertiary/aromatic N) is 1. The van der Waals surface area contributed by atoms with Crippen molar-refractivity contribution in [2.45, 2.75) is 6.42 Å². The first kappa shape index (κ1) is 7.15. The number of carbonyl (C=O) groups excluding carboxylic acids is 2. The average Bonchev–Trinajstić information content (AvgIpc) is 2.29. The number of dihydropyridines is 1. The SMILES string of the molecule is O=C1C=C(F)C2CC(=O)NC2=N1. The number of fused-ring (bicyclic) bond motifs is 1. The molecule has 1 saturated heterocycles. The molecule has 1 atom stereocenters. The molecule has 2 rings (SSSR count).